The number of nitro groups is 1. The summed E-state index contributed by atoms with van der Waals surface area (Å²) in [5.41, 5.74) is 2.05. The Morgan fingerprint density at radius 3 is 1.78 bits per heavy atom. The lowest BCUT2D eigenvalue weighted by molar-refractivity contribution is -0.384. The highest BCUT2D eigenvalue weighted by Crippen LogP contribution is 2.33. The number of nitro benzene ring substituents is 1. The van der Waals surface area contributed by atoms with Gasteiger partial charge in [-0.2, -0.15) is 0 Å². The minimum absolute atomic E-state index is 0.0322. The Kier molecular flexibility index (Phi) is 4.68. The van der Waals surface area contributed by atoms with E-state index in [1.54, 1.807) is 36.4 Å². The minimum atomic E-state index is -1.33. The normalized spacial score (nSPS) is 10.4. The van der Waals surface area contributed by atoms with Crippen LogP contribution in [0.4, 0.5) is 5.69 Å². The van der Waals surface area contributed by atoms with Crippen LogP contribution < -0.4 is 0 Å². The molecule has 3 rings (SSSR count). The first-order valence-corrected chi connectivity index (χ1v) is 7.83. The van der Waals surface area contributed by atoms with E-state index in [-0.39, 0.29) is 16.8 Å². The van der Waals surface area contributed by atoms with Gasteiger partial charge in [0.2, 0.25) is 0 Å². The standard InChI is InChI=1S/C20H13NO6/c22-19(23)17-10-7-13(11-18(17)20(24)25)16-4-2-1-3-15(16)12-5-8-14(9-6-12)21(26)27/h1-11H,(H,22,23)(H,24,25). The first-order valence-electron chi connectivity index (χ1n) is 7.83. The summed E-state index contributed by atoms with van der Waals surface area (Å²) in [6, 6.07) is 17.3. The summed E-state index contributed by atoms with van der Waals surface area (Å²) in [4.78, 5) is 33.0. The van der Waals surface area contributed by atoms with Crippen molar-refractivity contribution >= 4 is 17.6 Å². The van der Waals surface area contributed by atoms with Crippen molar-refractivity contribution in [3.05, 3.63) is 88.0 Å². The lowest BCUT2D eigenvalue weighted by atomic mass is 9.92. The Hall–Kier alpha value is -4.00. The van der Waals surface area contributed by atoms with Crippen molar-refractivity contribution in [3.8, 4) is 22.3 Å². The van der Waals surface area contributed by atoms with Crippen molar-refractivity contribution in [3.63, 3.8) is 0 Å². The molecule has 0 fully saturated rings. The van der Waals surface area contributed by atoms with Crippen molar-refractivity contribution in [1.82, 2.24) is 0 Å². The summed E-state index contributed by atoms with van der Waals surface area (Å²) in [7, 11) is 0. The van der Waals surface area contributed by atoms with E-state index in [2.05, 4.69) is 0 Å². The average Bonchev–Trinajstić information content (AvgIpc) is 2.67. The molecule has 0 saturated heterocycles. The lowest BCUT2D eigenvalue weighted by Gasteiger charge is -2.12. The summed E-state index contributed by atoms with van der Waals surface area (Å²) in [6.45, 7) is 0. The third-order valence-electron chi connectivity index (χ3n) is 4.11. The van der Waals surface area contributed by atoms with E-state index < -0.39 is 16.9 Å². The van der Waals surface area contributed by atoms with E-state index in [0.717, 1.165) is 11.1 Å². The molecule has 27 heavy (non-hydrogen) atoms. The third-order valence-corrected chi connectivity index (χ3v) is 4.11. The summed E-state index contributed by atoms with van der Waals surface area (Å²) >= 11 is 0. The first-order chi connectivity index (χ1) is 12.9. The maximum atomic E-state index is 11.4. The molecule has 0 radical (unpaired) electrons. The van der Waals surface area contributed by atoms with Gasteiger partial charge in [-0.3, -0.25) is 10.1 Å². The van der Waals surface area contributed by atoms with Gasteiger partial charge in [0.05, 0.1) is 16.1 Å². The molecule has 0 atom stereocenters. The molecule has 134 valence electrons. The molecule has 0 aliphatic carbocycles. The fraction of sp³-hybridized carbons (Fsp3) is 0. The van der Waals surface area contributed by atoms with E-state index in [9.17, 15) is 24.8 Å². The summed E-state index contributed by atoms with van der Waals surface area (Å²) in [5.74, 6) is -2.65. The molecule has 0 spiro atoms. The maximum absolute atomic E-state index is 11.4. The molecule has 0 heterocycles. The van der Waals surface area contributed by atoms with Gasteiger partial charge in [0.25, 0.3) is 5.69 Å². The van der Waals surface area contributed by atoms with Crippen LogP contribution in [-0.2, 0) is 0 Å². The lowest BCUT2D eigenvalue weighted by Crippen LogP contribution is -2.08. The van der Waals surface area contributed by atoms with Crippen molar-refractivity contribution in [2.24, 2.45) is 0 Å². The molecule has 7 nitrogen and oxygen atoms in total. The van der Waals surface area contributed by atoms with Gasteiger partial charge in [0, 0.05) is 12.1 Å². The van der Waals surface area contributed by atoms with Crippen LogP contribution in [-0.4, -0.2) is 27.1 Å². The molecule has 3 aromatic rings. The molecule has 7 heteroatoms. The second kappa shape index (κ2) is 7.09. The number of rotatable bonds is 5. The minimum Gasteiger partial charge on any atom is -0.478 e. The molecule has 0 aromatic heterocycles. The van der Waals surface area contributed by atoms with Crippen LogP contribution in [0.3, 0.4) is 0 Å². The summed E-state index contributed by atoms with van der Waals surface area (Å²) < 4.78 is 0. The highest BCUT2D eigenvalue weighted by molar-refractivity contribution is 6.03. The van der Waals surface area contributed by atoms with Gasteiger partial charge in [-0.15, -0.1) is 0 Å². The summed E-state index contributed by atoms with van der Waals surface area (Å²) in [6.07, 6.45) is 0. The predicted octanol–water partition coefficient (Wildman–Crippen LogP) is 4.33. The van der Waals surface area contributed by atoms with E-state index in [1.165, 1.54) is 24.3 Å². The zero-order valence-electron chi connectivity index (χ0n) is 13.8. The van der Waals surface area contributed by atoms with Crippen LogP contribution in [0.2, 0.25) is 0 Å². The largest absolute Gasteiger partial charge is 0.478 e. The van der Waals surface area contributed by atoms with Gasteiger partial charge in [-0.1, -0.05) is 30.3 Å². The Bertz CT molecular complexity index is 1060. The van der Waals surface area contributed by atoms with Crippen LogP contribution in [0.25, 0.3) is 22.3 Å². The van der Waals surface area contributed by atoms with Gasteiger partial charge in [-0.05, 0) is 46.5 Å². The van der Waals surface area contributed by atoms with Crippen LogP contribution in [0.15, 0.2) is 66.7 Å². The van der Waals surface area contributed by atoms with Gasteiger partial charge in [0.15, 0.2) is 0 Å². The van der Waals surface area contributed by atoms with Crippen LogP contribution in [0.5, 0.6) is 0 Å². The molecule has 0 unspecified atom stereocenters. The topological polar surface area (TPSA) is 118 Å². The van der Waals surface area contributed by atoms with Crippen molar-refractivity contribution < 1.29 is 24.7 Å². The quantitative estimate of drug-likeness (QED) is 0.515. The Labute approximate surface area is 153 Å². The fourth-order valence-electron chi connectivity index (χ4n) is 2.82. The smallest absolute Gasteiger partial charge is 0.336 e. The van der Waals surface area contributed by atoms with Crippen molar-refractivity contribution in [2.75, 3.05) is 0 Å². The molecule has 0 amide bonds. The number of carboxylic acid groups (broad SMARTS) is 2. The summed E-state index contributed by atoms with van der Waals surface area (Å²) in [5, 5.41) is 29.3. The van der Waals surface area contributed by atoms with Crippen molar-refractivity contribution in [1.29, 1.82) is 0 Å². The first kappa shape index (κ1) is 17.8. The highest BCUT2D eigenvalue weighted by Gasteiger charge is 2.18. The van der Waals surface area contributed by atoms with E-state index in [0.29, 0.717) is 11.1 Å². The second-order valence-electron chi connectivity index (χ2n) is 5.72. The molecular weight excluding hydrogens is 350 g/mol. The number of non-ortho nitro benzene ring substituents is 1. The van der Waals surface area contributed by atoms with Gasteiger partial charge < -0.3 is 10.2 Å². The number of hydrogen-bond acceptors (Lipinski definition) is 4. The number of hydrogen-bond donors (Lipinski definition) is 2. The van der Waals surface area contributed by atoms with Gasteiger partial charge in [-0.25, -0.2) is 9.59 Å². The van der Waals surface area contributed by atoms with E-state index >= 15 is 0 Å². The number of aromatic carboxylic acids is 2. The van der Waals surface area contributed by atoms with Crippen LogP contribution in [0, 0.1) is 10.1 Å². The Morgan fingerprint density at radius 2 is 1.26 bits per heavy atom. The molecule has 0 bridgehead atoms. The Balaban J connectivity index is 2.14. The molecular formula is C20H13NO6. The Morgan fingerprint density at radius 1 is 0.741 bits per heavy atom. The van der Waals surface area contributed by atoms with E-state index in [4.69, 9.17) is 5.11 Å². The number of carbonyl (C=O) groups is 2. The third kappa shape index (κ3) is 3.52. The molecule has 2 N–H and O–H groups in total. The number of nitrogens with zero attached hydrogens (tertiary/aromatic N) is 1. The van der Waals surface area contributed by atoms with Gasteiger partial charge in [0.1, 0.15) is 0 Å². The van der Waals surface area contributed by atoms with Crippen LogP contribution >= 0.6 is 0 Å². The number of carboxylic acids is 2. The molecule has 3 aromatic carbocycles. The maximum Gasteiger partial charge on any atom is 0.336 e. The zero-order chi connectivity index (χ0) is 19.6. The monoisotopic (exact) mass is 363 g/mol. The van der Waals surface area contributed by atoms with E-state index in [1.807, 2.05) is 6.07 Å². The zero-order valence-corrected chi connectivity index (χ0v) is 13.8. The van der Waals surface area contributed by atoms with Gasteiger partial charge >= 0.3 is 11.9 Å². The molecule has 0 aliphatic rings. The highest BCUT2D eigenvalue weighted by atomic mass is 16.6. The molecule has 0 aliphatic heterocycles. The predicted molar refractivity (Wildman–Crippen MR) is 97.9 cm³/mol. The fourth-order valence-corrected chi connectivity index (χ4v) is 2.82. The second-order valence-corrected chi connectivity index (χ2v) is 5.72. The molecule has 0 saturated carbocycles. The SMILES string of the molecule is O=C(O)c1ccc(-c2ccccc2-c2ccc([N+](=O)[O-])cc2)cc1C(=O)O. The number of benzene rings is 3. The van der Waals surface area contributed by atoms with Crippen LogP contribution in [0.1, 0.15) is 20.7 Å². The van der Waals surface area contributed by atoms with Crippen molar-refractivity contribution in [2.45, 2.75) is 0 Å². The average molecular weight is 363 g/mol.